The summed E-state index contributed by atoms with van der Waals surface area (Å²) in [6.45, 7) is 4.40. The number of likely N-dealkylation sites (N-methyl/N-ethyl adjacent to an activating group) is 1. The zero-order chi connectivity index (χ0) is 15.0. The van der Waals surface area contributed by atoms with Crippen molar-refractivity contribution in [3.63, 3.8) is 0 Å². The molecule has 2 amide bonds. The number of nitrogens with one attached hydrogen (secondary N) is 2. The summed E-state index contributed by atoms with van der Waals surface area (Å²) in [5.41, 5.74) is 6.34. The third-order valence-electron chi connectivity index (χ3n) is 2.52. The van der Waals surface area contributed by atoms with Crippen LogP contribution in [-0.2, 0) is 16.1 Å². The Kier molecular flexibility index (Phi) is 9.16. The van der Waals surface area contributed by atoms with E-state index in [0.717, 1.165) is 5.56 Å². The van der Waals surface area contributed by atoms with Crippen LogP contribution in [0.5, 0.6) is 5.75 Å². The van der Waals surface area contributed by atoms with Gasteiger partial charge in [-0.15, -0.1) is 12.4 Å². The van der Waals surface area contributed by atoms with Gasteiger partial charge in [0, 0.05) is 13.1 Å². The van der Waals surface area contributed by atoms with Crippen LogP contribution in [0.15, 0.2) is 24.3 Å². The SMILES string of the molecule is CCNC(=O)COc1cccc(CNC(=O)[C@@H](C)N)c1.Cl. The van der Waals surface area contributed by atoms with Crippen LogP contribution in [0, 0.1) is 0 Å². The average molecular weight is 316 g/mol. The van der Waals surface area contributed by atoms with E-state index < -0.39 is 6.04 Å². The highest BCUT2D eigenvalue weighted by molar-refractivity contribution is 5.85. The van der Waals surface area contributed by atoms with E-state index in [2.05, 4.69) is 10.6 Å². The van der Waals surface area contributed by atoms with Crippen molar-refractivity contribution in [3.05, 3.63) is 29.8 Å². The fraction of sp³-hybridized carbons (Fsp3) is 0.429. The first-order valence-electron chi connectivity index (χ1n) is 6.54. The molecule has 0 aromatic heterocycles. The van der Waals surface area contributed by atoms with Gasteiger partial charge in [-0.25, -0.2) is 0 Å². The number of halogens is 1. The van der Waals surface area contributed by atoms with Gasteiger partial charge in [0.1, 0.15) is 5.75 Å². The van der Waals surface area contributed by atoms with Crippen molar-refractivity contribution < 1.29 is 14.3 Å². The summed E-state index contributed by atoms with van der Waals surface area (Å²) in [4.78, 5) is 22.7. The van der Waals surface area contributed by atoms with Crippen molar-refractivity contribution in [1.82, 2.24) is 10.6 Å². The third kappa shape index (κ3) is 7.53. The quantitative estimate of drug-likeness (QED) is 0.686. The number of ether oxygens (including phenoxy) is 1. The Hall–Kier alpha value is -1.79. The number of amides is 2. The standard InChI is InChI=1S/C14H21N3O3.ClH/c1-3-16-13(18)9-20-12-6-4-5-11(7-12)8-17-14(19)10(2)15;/h4-7,10H,3,8-9,15H2,1-2H3,(H,16,18)(H,17,19);1H/t10-;/m1./s1. The number of hydrogen-bond acceptors (Lipinski definition) is 4. The number of rotatable bonds is 7. The Balaban J connectivity index is 0.00000400. The second-order valence-electron chi connectivity index (χ2n) is 4.40. The Bertz CT molecular complexity index is 467. The van der Waals surface area contributed by atoms with Gasteiger partial charge in [0.15, 0.2) is 6.61 Å². The largest absolute Gasteiger partial charge is 0.484 e. The minimum Gasteiger partial charge on any atom is -0.484 e. The molecule has 1 rings (SSSR count). The van der Waals surface area contributed by atoms with Crippen molar-refractivity contribution in [2.24, 2.45) is 5.73 Å². The zero-order valence-corrected chi connectivity index (χ0v) is 13.0. The van der Waals surface area contributed by atoms with Gasteiger partial charge in [0.25, 0.3) is 5.91 Å². The van der Waals surface area contributed by atoms with E-state index in [1.54, 1.807) is 25.1 Å². The Labute approximate surface area is 130 Å². The third-order valence-corrected chi connectivity index (χ3v) is 2.52. The lowest BCUT2D eigenvalue weighted by molar-refractivity contribution is -0.123. The van der Waals surface area contributed by atoms with Gasteiger partial charge in [-0.05, 0) is 31.5 Å². The lowest BCUT2D eigenvalue weighted by Gasteiger charge is -2.10. The lowest BCUT2D eigenvalue weighted by atomic mass is 10.2. The topological polar surface area (TPSA) is 93.5 Å². The monoisotopic (exact) mass is 315 g/mol. The summed E-state index contributed by atoms with van der Waals surface area (Å²) in [6, 6.07) is 6.67. The molecule has 0 saturated heterocycles. The highest BCUT2D eigenvalue weighted by Gasteiger charge is 2.07. The van der Waals surface area contributed by atoms with Crippen molar-refractivity contribution >= 4 is 24.2 Å². The van der Waals surface area contributed by atoms with E-state index in [1.165, 1.54) is 0 Å². The molecule has 7 heteroatoms. The number of carbonyl (C=O) groups excluding carboxylic acids is 2. The average Bonchev–Trinajstić information content (AvgIpc) is 2.43. The molecule has 0 spiro atoms. The highest BCUT2D eigenvalue weighted by Crippen LogP contribution is 2.13. The van der Waals surface area contributed by atoms with Gasteiger partial charge in [0.2, 0.25) is 5.91 Å². The van der Waals surface area contributed by atoms with Crippen molar-refractivity contribution in [2.45, 2.75) is 26.4 Å². The molecule has 0 bridgehead atoms. The number of carbonyl (C=O) groups is 2. The first kappa shape index (κ1) is 19.2. The molecule has 0 aliphatic heterocycles. The normalized spacial score (nSPS) is 11.0. The van der Waals surface area contributed by atoms with E-state index >= 15 is 0 Å². The Morgan fingerprint density at radius 2 is 2.05 bits per heavy atom. The van der Waals surface area contributed by atoms with Crippen LogP contribution in [0.3, 0.4) is 0 Å². The van der Waals surface area contributed by atoms with Crippen LogP contribution in [-0.4, -0.2) is 31.0 Å². The molecular weight excluding hydrogens is 294 g/mol. The number of nitrogens with two attached hydrogens (primary N) is 1. The molecule has 0 heterocycles. The molecule has 1 atom stereocenters. The first-order valence-corrected chi connectivity index (χ1v) is 6.54. The first-order chi connectivity index (χ1) is 9.52. The second kappa shape index (κ2) is 10.0. The molecular formula is C14H22ClN3O3. The fourth-order valence-electron chi connectivity index (χ4n) is 1.49. The maximum atomic E-state index is 11.4. The molecule has 118 valence electrons. The van der Waals surface area contributed by atoms with Gasteiger partial charge in [0.05, 0.1) is 6.04 Å². The predicted molar refractivity (Wildman–Crippen MR) is 83.4 cm³/mol. The van der Waals surface area contributed by atoms with E-state index in [0.29, 0.717) is 18.8 Å². The lowest BCUT2D eigenvalue weighted by Crippen LogP contribution is -2.37. The van der Waals surface area contributed by atoms with E-state index in [-0.39, 0.29) is 30.8 Å². The Morgan fingerprint density at radius 3 is 2.67 bits per heavy atom. The summed E-state index contributed by atoms with van der Waals surface area (Å²) in [5, 5.41) is 5.36. The van der Waals surface area contributed by atoms with E-state index in [9.17, 15) is 9.59 Å². The summed E-state index contributed by atoms with van der Waals surface area (Å²) in [7, 11) is 0. The van der Waals surface area contributed by atoms with Crippen molar-refractivity contribution in [1.29, 1.82) is 0 Å². The minimum atomic E-state index is -0.535. The van der Waals surface area contributed by atoms with Gasteiger partial charge >= 0.3 is 0 Å². The number of hydrogen-bond donors (Lipinski definition) is 3. The van der Waals surface area contributed by atoms with Crippen molar-refractivity contribution in [2.75, 3.05) is 13.2 Å². The van der Waals surface area contributed by atoms with Crippen LogP contribution < -0.4 is 21.1 Å². The maximum Gasteiger partial charge on any atom is 0.257 e. The van der Waals surface area contributed by atoms with Gasteiger partial charge in [-0.2, -0.15) is 0 Å². The maximum absolute atomic E-state index is 11.4. The van der Waals surface area contributed by atoms with Crippen LogP contribution in [0.4, 0.5) is 0 Å². The fourth-order valence-corrected chi connectivity index (χ4v) is 1.49. The van der Waals surface area contributed by atoms with Crippen LogP contribution in [0.25, 0.3) is 0 Å². The van der Waals surface area contributed by atoms with Crippen LogP contribution in [0.1, 0.15) is 19.4 Å². The molecule has 21 heavy (non-hydrogen) atoms. The molecule has 1 aromatic carbocycles. The van der Waals surface area contributed by atoms with E-state index in [1.807, 2.05) is 13.0 Å². The summed E-state index contributed by atoms with van der Waals surface area (Å²) in [6.07, 6.45) is 0. The molecule has 4 N–H and O–H groups in total. The molecule has 0 unspecified atom stereocenters. The molecule has 0 saturated carbocycles. The molecule has 0 aliphatic rings. The summed E-state index contributed by atoms with van der Waals surface area (Å²) in [5.74, 6) is 0.214. The van der Waals surface area contributed by atoms with Gasteiger partial charge in [-0.1, -0.05) is 12.1 Å². The summed E-state index contributed by atoms with van der Waals surface area (Å²) >= 11 is 0. The summed E-state index contributed by atoms with van der Waals surface area (Å²) < 4.78 is 5.37. The van der Waals surface area contributed by atoms with Crippen LogP contribution in [0.2, 0.25) is 0 Å². The van der Waals surface area contributed by atoms with Gasteiger partial charge < -0.3 is 21.1 Å². The predicted octanol–water partition coefficient (Wildman–Crippen LogP) is 0.587. The second-order valence-corrected chi connectivity index (χ2v) is 4.40. The highest BCUT2D eigenvalue weighted by atomic mass is 35.5. The smallest absolute Gasteiger partial charge is 0.257 e. The molecule has 0 radical (unpaired) electrons. The molecule has 1 aromatic rings. The van der Waals surface area contributed by atoms with Crippen LogP contribution >= 0.6 is 12.4 Å². The van der Waals surface area contributed by atoms with Gasteiger partial charge in [-0.3, -0.25) is 9.59 Å². The minimum absolute atomic E-state index is 0. The molecule has 0 aliphatic carbocycles. The van der Waals surface area contributed by atoms with Crippen molar-refractivity contribution in [3.8, 4) is 5.75 Å². The zero-order valence-electron chi connectivity index (χ0n) is 12.2. The molecule has 0 fully saturated rings. The Morgan fingerprint density at radius 1 is 1.33 bits per heavy atom. The molecule has 6 nitrogen and oxygen atoms in total. The van der Waals surface area contributed by atoms with E-state index in [4.69, 9.17) is 10.5 Å². The number of benzene rings is 1.